The summed E-state index contributed by atoms with van der Waals surface area (Å²) in [6.07, 6.45) is 2.16. The highest BCUT2D eigenvalue weighted by Gasteiger charge is 2.24. The van der Waals surface area contributed by atoms with Gasteiger partial charge in [-0.05, 0) is 25.8 Å². The molecule has 1 N–H and O–H groups in total. The second kappa shape index (κ2) is 7.23. The monoisotopic (exact) mass is 268 g/mol. The maximum Gasteiger partial charge on any atom is 0.313 e. The Bertz CT molecular complexity index is 427. The number of nitrogens with one attached hydrogen (secondary N) is 1. The number of aromatic nitrogens is 2. The van der Waals surface area contributed by atoms with Crippen molar-refractivity contribution in [2.24, 2.45) is 0 Å². The van der Waals surface area contributed by atoms with Gasteiger partial charge in [-0.15, -0.1) is 0 Å². The zero-order valence-electron chi connectivity index (χ0n) is 12.3. The van der Waals surface area contributed by atoms with Crippen LogP contribution in [0.3, 0.4) is 0 Å². The van der Waals surface area contributed by atoms with Crippen molar-refractivity contribution in [2.45, 2.75) is 59.5 Å². The summed E-state index contributed by atoms with van der Waals surface area (Å²) in [5.41, 5.74) is 1.55. The predicted molar refractivity (Wildman–Crippen MR) is 75.4 cm³/mol. The summed E-state index contributed by atoms with van der Waals surface area (Å²) < 4.78 is 1.80. The van der Waals surface area contributed by atoms with Crippen molar-refractivity contribution in [2.75, 3.05) is 6.54 Å². The van der Waals surface area contributed by atoms with Crippen molar-refractivity contribution in [3.63, 3.8) is 0 Å². The van der Waals surface area contributed by atoms with Gasteiger partial charge in [0, 0.05) is 12.6 Å². The topological polar surface area (TPSA) is 73.0 Å². The fraction of sp³-hybridized carbons (Fsp3) is 0.769. The number of nitrogens with zero attached hydrogens (tertiary/aromatic N) is 3. The van der Waals surface area contributed by atoms with Crippen LogP contribution in [0.25, 0.3) is 0 Å². The zero-order valence-corrected chi connectivity index (χ0v) is 12.3. The van der Waals surface area contributed by atoms with Crippen LogP contribution in [0.5, 0.6) is 0 Å². The molecule has 6 nitrogen and oxygen atoms in total. The van der Waals surface area contributed by atoms with E-state index in [2.05, 4.69) is 24.3 Å². The fourth-order valence-corrected chi connectivity index (χ4v) is 2.15. The number of aryl methyl sites for hydroxylation is 2. The van der Waals surface area contributed by atoms with Gasteiger partial charge in [0.15, 0.2) is 0 Å². The molecule has 0 aliphatic carbocycles. The van der Waals surface area contributed by atoms with Crippen molar-refractivity contribution in [3.05, 3.63) is 21.5 Å². The number of hydrogen-bond acceptors (Lipinski definition) is 4. The van der Waals surface area contributed by atoms with Crippen LogP contribution in [0, 0.1) is 10.1 Å². The van der Waals surface area contributed by atoms with Crippen LogP contribution in [0.4, 0.5) is 5.69 Å². The summed E-state index contributed by atoms with van der Waals surface area (Å²) in [4.78, 5) is 10.8. The zero-order chi connectivity index (χ0) is 14.4. The minimum Gasteiger partial charge on any atom is -0.314 e. The minimum atomic E-state index is -0.298. The molecule has 6 heteroatoms. The van der Waals surface area contributed by atoms with Gasteiger partial charge in [-0.2, -0.15) is 5.10 Å². The molecule has 0 saturated heterocycles. The molecule has 19 heavy (non-hydrogen) atoms. The predicted octanol–water partition coefficient (Wildman–Crippen LogP) is 2.30. The van der Waals surface area contributed by atoms with Crippen LogP contribution < -0.4 is 5.32 Å². The van der Waals surface area contributed by atoms with Crippen molar-refractivity contribution in [3.8, 4) is 0 Å². The first-order valence-electron chi connectivity index (χ1n) is 6.97. The summed E-state index contributed by atoms with van der Waals surface area (Å²) in [7, 11) is 0. The van der Waals surface area contributed by atoms with E-state index < -0.39 is 0 Å². The molecule has 0 aromatic carbocycles. The van der Waals surface area contributed by atoms with E-state index in [1.165, 1.54) is 0 Å². The van der Waals surface area contributed by atoms with Crippen molar-refractivity contribution in [1.82, 2.24) is 15.1 Å². The average Bonchev–Trinajstić information content (AvgIpc) is 2.72. The third-order valence-corrected chi connectivity index (χ3v) is 3.05. The van der Waals surface area contributed by atoms with E-state index in [0.717, 1.165) is 25.2 Å². The van der Waals surface area contributed by atoms with Gasteiger partial charge in [0.05, 0.1) is 4.92 Å². The van der Waals surface area contributed by atoms with E-state index in [4.69, 9.17) is 0 Å². The summed E-state index contributed by atoms with van der Waals surface area (Å²) in [5.74, 6) is 0. The molecule has 1 heterocycles. The quantitative estimate of drug-likeness (QED) is 0.446. The second-order valence-electron chi connectivity index (χ2n) is 4.89. The Kier molecular flexibility index (Phi) is 5.95. The molecule has 1 aromatic rings. The molecule has 1 aromatic heterocycles. The maximum atomic E-state index is 11.1. The summed E-state index contributed by atoms with van der Waals surface area (Å²) in [6.45, 7) is 9.67. The summed E-state index contributed by atoms with van der Waals surface area (Å²) in [5, 5.41) is 18.9. The lowest BCUT2D eigenvalue weighted by molar-refractivity contribution is -0.386. The number of rotatable bonds is 8. The van der Waals surface area contributed by atoms with Gasteiger partial charge in [0.25, 0.3) is 0 Å². The largest absolute Gasteiger partial charge is 0.314 e. The molecule has 108 valence electrons. The first-order valence-corrected chi connectivity index (χ1v) is 6.97. The maximum absolute atomic E-state index is 11.1. The lowest BCUT2D eigenvalue weighted by Gasteiger charge is -2.08. The van der Waals surface area contributed by atoms with E-state index in [1.54, 1.807) is 4.68 Å². The normalized spacial score (nSPS) is 11.2. The Balaban J connectivity index is 2.80. The molecule has 0 atom stereocenters. The van der Waals surface area contributed by atoms with Crippen molar-refractivity contribution < 1.29 is 4.92 Å². The highest BCUT2D eigenvalue weighted by atomic mass is 16.6. The van der Waals surface area contributed by atoms with Crippen LogP contribution in [0.1, 0.15) is 45.5 Å². The van der Waals surface area contributed by atoms with E-state index >= 15 is 0 Å². The Morgan fingerprint density at radius 2 is 2.05 bits per heavy atom. The van der Waals surface area contributed by atoms with Crippen LogP contribution in [-0.2, 0) is 19.4 Å². The lowest BCUT2D eigenvalue weighted by Crippen LogP contribution is -2.24. The smallest absolute Gasteiger partial charge is 0.313 e. The molecular formula is C13H24N4O2. The molecule has 1 rings (SSSR count). The SMILES string of the molecule is CCc1nn(CCCNC(C)C)c(CC)c1[N+](=O)[O-]. The van der Waals surface area contributed by atoms with Gasteiger partial charge < -0.3 is 5.32 Å². The van der Waals surface area contributed by atoms with Gasteiger partial charge in [-0.25, -0.2) is 0 Å². The van der Waals surface area contributed by atoms with Gasteiger partial charge in [0.2, 0.25) is 0 Å². The van der Waals surface area contributed by atoms with Gasteiger partial charge >= 0.3 is 5.69 Å². The molecule has 0 unspecified atom stereocenters. The van der Waals surface area contributed by atoms with Gasteiger partial charge in [-0.3, -0.25) is 14.8 Å². The van der Waals surface area contributed by atoms with Crippen LogP contribution in [-0.4, -0.2) is 27.3 Å². The Labute approximate surface area is 114 Å². The highest BCUT2D eigenvalue weighted by Crippen LogP contribution is 2.24. The lowest BCUT2D eigenvalue weighted by atomic mass is 10.2. The number of hydrogen-bond donors (Lipinski definition) is 1. The molecule has 0 aliphatic rings. The van der Waals surface area contributed by atoms with Crippen molar-refractivity contribution in [1.29, 1.82) is 0 Å². The van der Waals surface area contributed by atoms with Crippen LogP contribution in [0.15, 0.2) is 0 Å². The second-order valence-corrected chi connectivity index (χ2v) is 4.89. The Morgan fingerprint density at radius 1 is 1.37 bits per heavy atom. The highest BCUT2D eigenvalue weighted by molar-refractivity contribution is 5.41. The molecule has 0 saturated carbocycles. The Morgan fingerprint density at radius 3 is 2.53 bits per heavy atom. The van der Waals surface area contributed by atoms with E-state index in [1.807, 2.05) is 13.8 Å². The van der Waals surface area contributed by atoms with Crippen molar-refractivity contribution >= 4 is 5.69 Å². The standard InChI is InChI=1S/C13H24N4O2/c1-5-11-13(17(18)19)12(6-2)16(15-11)9-7-8-14-10(3)4/h10,14H,5-9H2,1-4H3. The van der Waals surface area contributed by atoms with Gasteiger partial charge in [0.1, 0.15) is 11.4 Å². The minimum absolute atomic E-state index is 0.210. The fourth-order valence-electron chi connectivity index (χ4n) is 2.15. The van der Waals surface area contributed by atoms with Crippen LogP contribution >= 0.6 is 0 Å². The number of nitro groups is 1. The van der Waals surface area contributed by atoms with Crippen LogP contribution in [0.2, 0.25) is 0 Å². The average molecular weight is 268 g/mol. The molecule has 0 radical (unpaired) electrons. The molecular weight excluding hydrogens is 244 g/mol. The molecule has 0 bridgehead atoms. The first kappa shape index (κ1) is 15.6. The molecule has 0 spiro atoms. The molecule has 0 amide bonds. The van der Waals surface area contributed by atoms with E-state index in [9.17, 15) is 10.1 Å². The van der Waals surface area contributed by atoms with E-state index in [-0.39, 0.29) is 10.6 Å². The first-order chi connectivity index (χ1) is 9.01. The summed E-state index contributed by atoms with van der Waals surface area (Å²) in [6, 6.07) is 0.462. The molecule has 0 fully saturated rings. The third kappa shape index (κ3) is 4.02. The van der Waals surface area contributed by atoms with E-state index in [0.29, 0.717) is 24.6 Å². The Hall–Kier alpha value is -1.43. The van der Waals surface area contributed by atoms with Gasteiger partial charge in [-0.1, -0.05) is 27.7 Å². The molecule has 0 aliphatic heterocycles. The summed E-state index contributed by atoms with van der Waals surface area (Å²) >= 11 is 0. The third-order valence-electron chi connectivity index (χ3n) is 3.05.